The molecule has 1 fully saturated rings. The molecule has 0 saturated carbocycles. The van der Waals surface area contributed by atoms with Crippen LogP contribution in [0, 0.1) is 11.3 Å². The van der Waals surface area contributed by atoms with Gasteiger partial charge < -0.3 is 14.8 Å². The lowest BCUT2D eigenvalue weighted by atomic mass is 9.88. The lowest BCUT2D eigenvalue weighted by molar-refractivity contribution is 0.0539. The summed E-state index contributed by atoms with van der Waals surface area (Å²) in [7, 11) is 1.72. The van der Waals surface area contributed by atoms with E-state index in [0.29, 0.717) is 24.3 Å². The summed E-state index contributed by atoms with van der Waals surface area (Å²) in [6, 6.07) is 12.9. The second-order valence-corrected chi connectivity index (χ2v) is 12.8. The molecule has 1 N–H and O–H groups in total. The van der Waals surface area contributed by atoms with Crippen LogP contribution in [0.2, 0.25) is 10.0 Å². The summed E-state index contributed by atoms with van der Waals surface area (Å²) in [6.07, 6.45) is 0.632. The summed E-state index contributed by atoms with van der Waals surface area (Å²) >= 11 is 18.7. The van der Waals surface area contributed by atoms with E-state index in [1.165, 1.54) is 17.0 Å². The van der Waals surface area contributed by atoms with Crippen LogP contribution in [0.25, 0.3) is 0 Å². The number of halogens is 5. The second kappa shape index (κ2) is 11.7. The maximum absolute atomic E-state index is 14.3. The van der Waals surface area contributed by atoms with Gasteiger partial charge in [0.1, 0.15) is 11.3 Å². The number of hydrogen-bond acceptors (Lipinski definition) is 5. The van der Waals surface area contributed by atoms with E-state index in [2.05, 4.69) is 6.07 Å². The Morgan fingerprint density at radius 2 is 1.86 bits per heavy atom. The molecule has 3 amide bonds. The topological polar surface area (TPSA) is 101 Å². The average Bonchev–Trinajstić information content (AvgIpc) is 3.23. The molecule has 1 saturated heterocycles. The average molecular weight is 667 g/mol. The predicted molar refractivity (Wildman–Crippen MR) is 161 cm³/mol. The highest BCUT2D eigenvalue weighted by Gasteiger charge is 2.46. The van der Waals surface area contributed by atoms with Gasteiger partial charge in [0.25, 0.3) is 11.5 Å². The minimum Gasteiger partial charge on any atom is -0.327 e. The largest absolute Gasteiger partial charge is 0.362 e. The summed E-state index contributed by atoms with van der Waals surface area (Å²) in [5, 5.41) is 6.25. The summed E-state index contributed by atoms with van der Waals surface area (Å²) in [5.41, 5.74) is -1.67. The van der Waals surface area contributed by atoms with Gasteiger partial charge in [-0.05, 0) is 66.4 Å². The Kier molecular flexibility index (Phi) is 8.44. The van der Waals surface area contributed by atoms with Crippen molar-refractivity contribution in [2.75, 3.05) is 25.0 Å². The molecule has 1 aromatic heterocycles. The molecule has 2 aliphatic heterocycles. The quantitative estimate of drug-likeness (QED) is 0.281. The van der Waals surface area contributed by atoms with Crippen molar-refractivity contribution in [2.45, 2.75) is 47.0 Å². The third-order valence-corrected chi connectivity index (χ3v) is 9.90. The lowest BCUT2D eigenvalue weighted by Gasteiger charge is -2.36. The van der Waals surface area contributed by atoms with Crippen molar-refractivity contribution in [3.05, 3.63) is 85.2 Å². The van der Waals surface area contributed by atoms with Crippen LogP contribution in [0.4, 0.5) is 19.3 Å². The monoisotopic (exact) mass is 665 g/mol. The lowest BCUT2D eigenvalue weighted by Crippen LogP contribution is -2.47. The number of aromatic nitrogens is 1. The van der Waals surface area contributed by atoms with Gasteiger partial charge in [-0.1, -0.05) is 47.1 Å². The van der Waals surface area contributed by atoms with Crippen molar-refractivity contribution in [3.8, 4) is 6.07 Å². The van der Waals surface area contributed by atoms with Gasteiger partial charge in [-0.3, -0.25) is 14.5 Å². The van der Waals surface area contributed by atoms with Gasteiger partial charge in [-0.2, -0.15) is 14.0 Å². The maximum atomic E-state index is 14.3. The number of carbonyl (C=O) groups excluding carboxylic acids is 2. The van der Waals surface area contributed by atoms with E-state index >= 15 is 0 Å². The molecule has 5 rings (SSSR count). The van der Waals surface area contributed by atoms with Gasteiger partial charge in [0.05, 0.1) is 28.1 Å². The molecule has 43 heavy (non-hydrogen) atoms. The molecule has 8 nitrogen and oxygen atoms in total. The molecular formula is C29H24Cl3F2N5O3S. The summed E-state index contributed by atoms with van der Waals surface area (Å²) in [4.78, 5) is 47.3. The SMILES string of the molecule is CN1CCCN(c2ccc3c(c2)[C@@](C)(CC#N)N(C(=O)c2c(Sc4c(Cl)cccc4Cl)cc(C(F)(F)Cl)[nH]c2=O)C3)C1=O. The Labute approximate surface area is 265 Å². The number of nitriles is 1. The van der Waals surface area contributed by atoms with Gasteiger partial charge in [-0.15, -0.1) is 0 Å². The number of benzene rings is 2. The number of fused-ring (bicyclic) bond motifs is 1. The minimum absolute atomic E-state index is 0.0320. The third kappa shape index (κ3) is 5.69. The summed E-state index contributed by atoms with van der Waals surface area (Å²) < 4.78 is 28.3. The Morgan fingerprint density at radius 1 is 1.16 bits per heavy atom. The van der Waals surface area contributed by atoms with E-state index in [1.807, 2.05) is 4.98 Å². The molecule has 14 heteroatoms. The van der Waals surface area contributed by atoms with Crippen LogP contribution in [-0.4, -0.2) is 46.9 Å². The van der Waals surface area contributed by atoms with Crippen molar-refractivity contribution in [1.82, 2.24) is 14.8 Å². The van der Waals surface area contributed by atoms with Gasteiger partial charge in [-0.25, -0.2) is 4.79 Å². The van der Waals surface area contributed by atoms with Crippen LogP contribution in [-0.2, 0) is 17.5 Å². The number of aromatic amines is 1. The van der Waals surface area contributed by atoms with Crippen molar-refractivity contribution in [1.29, 1.82) is 5.26 Å². The first-order valence-electron chi connectivity index (χ1n) is 13.1. The number of nitrogens with one attached hydrogen (secondary N) is 1. The minimum atomic E-state index is -3.93. The number of nitrogens with zero attached hydrogens (tertiary/aromatic N) is 4. The van der Waals surface area contributed by atoms with E-state index in [-0.39, 0.29) is 38.8 Å². The van der Waals surface area contributed by atoms with E-state index in [0.717, 1.165) is 29.8 Å². The van der Waals surface area contributed by atoms with Crippen LogP contribution in [0.5, 0.6) is 0 Å². The first-order chi connectivity index (χ1) is 20.3. The Hall–Kier alpha value is -3.30. The number of hydrogen-bond donors (Lipinski definition) is 1. The molecule has 0 radical (unpaired) electrons. The predicted octanol–water partition coefficient (Wildman–Crippen LogP) is 7.17. The van der Waals surface area contributed by atoms with Crippen LogP contribution < -0.4 is 10.5 Å². The fraction of sp³-hybridized carbons (Fsp3) is 0.310. The van der Waals surface area contributed by atoms with Gasteiger partial charge in [0.15, 0.2) is 0 Å². The van der Waals surface area contributed by atoms with Crippen molar-refractivity contribution in [2.24, 2.45) is 0 Å². The zero-order chi connectivity index (χ0) is 31.3. The van der Waals surface area contributed by atoms with Gasteiger partial charge in [0.2, 0.25) is 0 Å². The fourth-order valence-electron chi connectivity index (χ4n) is 5.40. The zero-order valence-electron chi connectivity index (χ0n) is 22.9. The standard InChI is InChI=1S/C29H24Cl3F2N5O3S/c1-28(9-10-35)18-13-17(38-12-4-11-37(2)27(38)42)8-7-16(18)15-39(28)26(41)23-21(14-22(29(32,33)34)36-25(23)40)43-24-19(30)5-3-6-20(24)31/h3,5-8,13-14H,4,9,11-12,15H2,1-2H3,(H,36,40)/t28-/m1/s1. The molecule has 3 heterocycles. The smallest absolute Gasteiger partial charge is 0.327 e. The van der Waals surface area contributed by atoms with Crippen LogP contribution in [0.15, 0.2) is 57.1 Å². The first kappa shape index (κ1) is 31.1. The Bertz CT molecular complexity index is 1720. The van der Waals surface area contributed by atoms with Crippen molar-refractivity contribution >= 4 is 64.2 Å². The number of anilines is 1. The number of amides is 3. The molecular weight excluding hydrogens is 643 g/mol. The number of carbonyl (C=O) groups is 2. The highest BCUT2D eigenvalue weighted by molar-refractivity contribution is 7.99. The summed E-state index contributed by atoms with van der Waals surface area (Å²) in [5.74, 6) is -0.791. The van der Waals surface area contributed by atoms with Crippen molar-refractivity contribution < 1.29 is 18.4 Å². The molecule has 3 aromatic rings. The van der Waals surface area contributed by atoms with Crippen LogP contribution in [0.3, 0.4) is 0 Å². The molecule has 0 bridgehead atoms. The Morgan fingerprint density at radius 3 is 2.51 bits per heavy atom. The van der Waals surface area contributed by atoms with Crippen molar-refractivity contribution in [3.63, 3.8) is 0 Å². The van der Waals surface area contributed by atoms with Crippen LogP contribution >= 0.6 is 46.6 Å². The molecule has 0 spiro atoms. The van der Waals surface area contributed by atoms with E-state index < -0.39 is 33.6 Å². The van der Waals surface area contributed by atoms with Gasteiger partial charge >= 0.3 is 11.4 Å². The summed E-state index contributed by atoms with van der Waals surface area (Å²) in [6.45, 7) is 2.88. The normalized spacial score (nSPS) is 18.6. The van der Waals surface area contributed by atoms with Gasteiger partial charge in [0, 0.05) is 42.2 Å². The first-order valence-corrected chi connectivity index (χ1v) is 15.0. The number of pyridine rings is 1. The van der Waals surface area contributed by atoms with E-state index in [4.69, 9.17) is 34.8 Å². The Balaban J connectivity index is 1.61. The number of rotatable bonds is 6. The molecule has 1 atom stereocenters. The molecule has 2 aromatic carbocycles. The molecule has 0 unspecified atom stereocenters. The highest BCUT2D eigenvalue weighted by atomic mass is 35.5. The highest BCUT2D eigenvalue weighted by Crippen LogP contribution is 2.46. The van der Waals surface area contributed by atoms with Crippen LogP contribution in [0.1, 0.15) is 46.9 Å². The fourth-order valence-corrected chi connectivity index (χ4v) is 7.14. The maximum Gasteiger partial charge on any atom is 0.362 e. The van der Waals surface area contributed by atoms with E-state index in [1.54, 1.807) is 48.0 Å². The number of H-pyrrole nitrogens is 1. The van der Waals surface area contributed by atoms with E-state index in [9.17, 15) is 28.4 Å². The molecule has 2 aliphatic rings. The number of urea groups is 1. The molecule has 0 aliphatic carbocycles. The third-order valence-electron chi connectivity index (χ3n) is 7.66. The molecule has 224 valence electrons. The zero-order valence-corrected chi connectivity index (χ0v) is 26.0. The second-order valence-electron chi connectivity index (χ2n) is 10.5. The number of alkyl halides is 3.